The van der Waals surface area contributed by atoms with Gasteiger partial charge in [0, 0.05) is 10.6 Å². The van der Waals surface area contributed by atoms with Crippen LogP contribution in [0, 0.1) is 13.8 Å². The van der Waals surface area contributed by atoms with E-state index in [9.17, 15) is 4.79 Å². The van der Waals surface area contributed by atoms with Crippen LogP contribution in [0.15, 0.2) is 77.7 Å². The first kappa shape index (κ1) is 22.0. The number of thioether (sulfide) groups is 1. The molecule has 3 aromatic rings. The third-order valence-corrected chi connectivity index (χ3v) is 5.67. The van der Waals surface area contributed by atoms with E-state index in [1.807, 2.05) is 6.07 Å². The van der Waals surface area contributed by atoms with E-state index in [4.69, 9.17) is 21.4 Å². The minimum Gasteiger partial charge on any atom is -0.480 e. The molecule has 3 nitrogen and oxygen atoms in total. The highest BCUT2D eigenvalue weighted by Gasteiger charge is 2.08. The second-order valence-corrected chi connectivity index (χ2v) is 8.44. The number of benzene rings is 3. The van der Waals surface area contributed by atoms with Gasteiger partial charge >= 0.3 is 5.97 Å². The fourth-order valence-corrected chi connectivity index (χ4v) is 4.18. The number of rotatable bonds is 8. The zero-order valence-electron chi connectivity index (χ0n) is 16.9. The van der Waals surface area contributed by atoms with Crippen LogP contribution >= 0.6 is 23.4 Å². The summed E-state index contributed by atoms with van der Waals surface area (Å²) >= 11 is 7.90. The van der Waals surface area contributed by atoms with Gasteiger partial charge in [0.15, 0.2) is 6.61 Å². The van der Waals surface area contributed by atoms with Crippen LogP contribution in [0.4, 0.5) is 0 Å². The van der Waals surface area contributed by atoms with E-state index in [0.29, 0.717) is 10.8 Å². The van der Waals surface area contributed by atoms with Gasteiger partial charge in [0.2, 0.25) is 0 Å². The summed E-state index contributed by atoms with van der Waals surface area (Å²) in [6.45, 7) is 3.79. The van der Waals surface area contributed by atoms with Gasteiger partial charge in [-0.25, -0.2) is 4.79 Å². The second kappa shape index (κ2) is 10.4. The Balaban J connectivity index is 1.79. The van der Waals surface area contributed by atoms with E-state index in [2.05, 4.69) is 68.5 Å². The van der Waals surface area contributed by atoms with Crippen molar-refractivity contribution >= 4 is 34.9 Å². The first-order chi connectivity index (χ1) is 14.4. The third kappa shape index (κ3) is 6.15. The van der Waals surface area contributed by atoms with Gasteiger partial charge in [-0.15, -0.1) is 11.8 Å². The van der Waals surface area contributed by atoms with Crippen molar-refractivity contribution in [3.05, 3.63) is 100 Å². The number of carboxylic acids is 1. The summed E-state index contributed by atoms with van der Waals surface area (Å²) in [6, 6.07) is 22.4. The van der Waals surface area contributed by atoms with Crippen LogP contribution in [0.2, 0.25) is 5.02 Å². The van der Waals surface area contributed by atoms with E-state index in [-0.39, 0.29) is 0 Å². The maximum Gasteiger partial charge on any atom is 0.341 e. The number of hydrogen-bond donors (Lipinski definition) is 1. The molecule has 0 spiro atoms. The average molecular weight is 439 g/mol. The molecule has 0 saturated carbocycles. The van der Waals surface area contributed by atoms with Crippen molar-refractivity contribution in [2.45, 2.75) is 18.7 Å². The molecule has 3 aromatic carbocycles. The molecule has 5 heteroatoms. The van der Waals surface area contributed by atoms with Crippen molar-refractivity contribution < 1.29 is 14.6 Å². The molecule has 0 unspecified atom stereocenters. The normalized spacial score (nSPS) is 10.5. The molecular weight excluding hydrogens is 416 g/mol. The van der Waals surface area contributed by atoms with E-state index < -0.39 is 12.6 Å². The lowest BCUT2D eigenvalue weighted by Gasteiger charge is -2.11. The quantitative estimate of drug-likeness (QED) is 0.400. The molecule has 0 aromatic heterocycles. The molecule has 0 heterocycles. The minimum atomic E-state index is -1.03. The van der Waals surface area contributed by atoms with Crippen LogP contribution in [0.1, 0.15) is 22.3 Å². The highest BCUT2D eigenvalue weighted by Crippen LogP contribution is 2.31. The lowest BCUT2D eigenvalue weighted by molar-refractivity contribution is -0.139. The second-order valence-electron chi connectivity index (χ2n) is 6.94. The van der Waals surface area contributed by atoms with Gasteiger partial charge in [0.25, 0.3) is 0 Å². The zero-order chi connectivity index (χ0) is 21.5. The van der Waals surface area contributed by atoms with Crippen LogP contribution < -0.4 is 4.74 Å². The van der Waals surface area contributed by atoms with Crippen molar-refractivity contribution in [3.63, 3.8) is 0 Å². The van der Waals surface area contributed by atoms with Crippen molar-refractivity contribution in [3.8, 4) is 5.75 Å². The average Bonchev–Trinajstić information content (AvgIpc) is 2.70. The molecule has 0 saturated heterocycles. The van der Waals surface area contributed by atoms with E-state index >= 15 is 0 Å². The SMILES string of the molecule is Cc1cccc(C(=CCSc2ccc(OCC(=O)O)c(Cl)c2)c2cccc(C)c2)c1. The molecule has 154 valence electrons. The monoisotopic (exact) mass is 438 g/mol. The van der Waals surface area contributed by atoms with Gasteiger partial charge in [-0.3, -0.25) is 0 Å². The summed E-state index contributed by atoms with van der Waals surface area (Å²) in [5, 5.41) is 9.14. The Morgan fingerprint density at radius 3 is 2.17 bits per heavy atom. The van der Waals surface area contributed by atoms with Gasteiger partial charge in [-0.1, -0.05) is 77.3 Å². The van der Waals surface area contributed by atoms with Crippen LogP contribution in [0.3, 0.4) is 0 Å². The van der Waals surface area contributed by atoms with Crippen molar-refractivity contribution in [1.82, 2.24) is 0 Å². The minimum absolute atomic E-state index is 0.374. The summed E-state index contributed by atoms with van der Waals surface area (Å²) < 4.78 is 5.18. The van der Waals surface area contributed by atoms with Crippen LogP contribution in [0.25, 0.3) is 5.57 Å². The van der Waals surface area contributed by atoms with Crippen LogP contribution in [0.5, 0.6) is 5.75 Å². The fraction of sp³-hybridized carbons (Fsp3) is 0.160. The molecule has 30 heavy (non-hydrogen) atoms. The van der Waals surface area contributed by atoms with Gasteiger partial charge < -0.3 is 9.84 Å². The molecule has 0 aliphatic rings. The summed E-state index contributed by atoms with van der Waals surface area (Å²) in [5.74, 6) is 0.108. The molecule has 0 atom stereocenters. The molecule has 0 aliphatic heterocycles. The Hall–Kier alpha value is -2.69. The van der Waals surface area contributed by atoms with Gasteiger partial charge in [0.1, 0.15) is 5.75 Å². The fourth-order valence-electron chi connectivity index (χ4n) is 3.08. The molecule has 3 rings (SSSR count). The first-order valence-corrected chi connectivity index (χ1v) is 10.9. The smallest absolute Gasteiger partial charge is 0.341 e. The molecule has 0 amide bonds. The van der Waals surface area contributed by atoms with Crippen molar-refractivity contribution in [2.75, 3.05) is 12.4 Å². The molecule has 0 bridgehead atoms. The topological polar surface area (TPSA) is 46.5 Å². The number of hydrogen-bond acceptors (Lipinski definition) is 3. The largest absolute Gasteiger partial charge is 0.480 e. The number of ether oxygens (including phenoxy) is 1. The molecule has 0 aliphatic carbocycles. The van der Waals surface area contributed by atoms with Gasteiger partial charge in [0.05, 0.1) is 5.02 Å². The lowest BCUT2D eigenvalue weighted by Crippen LogP contribution is -2.09. The summed E-state index contributed by atoms with van der Waals surface area (Å²) in [7, 11) is 0. The van der Waals surface area contributed by atoms with Crippen LogP contribution in [-0.2, 0) is 4.79 Å². The molecule has 0 fully saturated rings. The Bertz CT molecular complexity index is 1030. The zero-order valence-corrected chi connectivity index (χ0v) is 18.5. The van der Waals surface area contributed by atoms with Gasteiger partial charge in [-0.2, -0.15) is 0 Å². The van der Waals surface area contributed by atoms with E-state index in [1.165, 1.54) is 27.8 Å². The molecular formula is C25H23ClO3S. The lowest BCUT2D eigenvalue weighted by atomic mass is 9.95. The summed E-state index contributed by atoms with van der Waals surface area (Å²) in [4.78, 5) is 11.6. The molecule has 0 radical (unpaired) electrons. The number of aliphatic carboxylic acids is 1. The van der Waals surface area contributed by atoms with Gasteiger partial charge in [-0.05, 0) is 48.7 Å². The Kier molecular flexibility index (Phi) is 7.61. The van der Waals surface area contributed by atoms with E-state index in [1.54, 1.807) is 23.9 Å². The number of carboxylic acid groups (broad SMARTS) is 1. The predicted octanol–water partition coefficient (Wildman–Crippen LogP) is 6.64. The number of halogens is 1. The number of carbonyl (C=O) groups is 1. The third-order valence-electron chi connectivity index (χ3n) is 4.45. The van der Waals surface area contributed by atoms with Crippen molar-refractivity contribution in [1.29, 1.82) is 0 Å². The van der Waals surface area contributed by atoms with E-state index in [0.717, 1.165) is 10.6 Å². The maximum absolute atomic E-state index is 10.7. The number of aryl methyl sites for hydroxylation is 2. The Labute approximate surface area is 186 Å². The summed E-state index contributed by atoms with van der Waals surface area (Å²) in [6.07, 6.45) is 2.23. The maximum atomic E-state index is 10.7. The summed E-state index contributed by atoms with van der Waals surface area (Å²) in [5.41, 5.74) is 6.03. The Morgan fingerprint density at radius 2 is 1.63 bits per heavy atom. The predicted molar refractivity (Wildman–Crippen MR) is 125 cm³/mol. The Morgan fingerprint density at radius 1 is 1.00 bits per heavy atom. The van der Waals surface area contributed by atoms with Crippen molar-refractivity contribution in [2.24, 2.45) is 0 Å². The highest BCUT2D eigenvalue weighted by molar-refractivity contribution is 7.99. The first-order valence-electron chi connectivity index (χ1n) is 9.53. The highest BCUT2D eigenvalue weighted by atomic mass is 35.5. The standard InChI is InChI=1S/C25H23ClO3S/c1-17-5-3-7-19(13-17)22(20-8-4-6-18(2)14-20)11-12-30-21-9-10-24(23(26)15-21)29-16-25(27)28/h3-11,13-15H,12,16H2,1-2H3,(H,27,28). The molecule has 1 N–H and O–H groups in total. The van der Waals surface area contributed by atoms with Crippen LogP contribution in [-0.4, -0.2) is 23.4 Å².